The second-order valence-electron chi connectivity index (χ2n) is 2.03. The summed E-state index contributed by atoms with van der Waals surface area (Å²) >= 11 is 0. The Bertz CT molecular complexity index is 109. The van der Waals surface area contributed by atoms with Crippen LogP contribution >= 0.6 is 0 Å². The van der Waals surface area contributed by atoms with Gasteiger partial charge in [0.15, 0.2) is 0 Å². The van der Waals surface area contributed by atoms with Crippen molar-refractivity contribution in [2.45, 2.75) is 12.8 Å². The van der Waals surface area contributed by atoms with Crippen molar-refractivity contribution in [3.05, 3.63) is 0 Å². The third-order valence-corrected chi connectivity index (χ3v) is 1.27. The normalized spacial score (nSPS) is 19.8. The smallest absolute Gasteiger partial charge is 0.212 e. The molecule has 0 aromatic heterocycles. The van der Waals surface area contributed by atoms with Gasteiger partial charge in [0, 0.05) is 6.54 Å². The van der Waals surface area contributed by atoms with Gasteiger partial charge in [-0.25, -0.2) is 5.06 Å². The Hall–Kier alpha value is -0.770. The minimum atomic E-state index is 0.00898. The van der Waals surface area contributed by atoms with Gasteiger partial charge >= 0.3 is 0 Å². The van der Waals surface area contributed by atoms with Gasteiger partial charge in [0.05, 0.1) is 6.61 Å². The maximum Gasteiger partial charge on any atom is 0.212 e. The van der Waals surface area contributed by atoms with Crippen LogP contribution in [0.1, 0.15) is 12.8 Å². The summed E-state index contributed by atoms with van der Waals surface area (Å²) in [5.74, 6) is 0.00898. The molecular formula is C5H11N3O. The molecule has 3 N–H and O–H groups in total. The average Bonchev–Trinajstić information content (AvgIpc) is 1.90. The standard InChI is InChI=1S/C5H11N3O/c6-5(7)8-3-1-2-4-9-8/h1-4H2,(H3,6,7). The molecule has 1 aliphatic rings. The van der Waals surface area contributed by atoms with Gasteiger partial charge in [0.1, 0.15) is 0 Å². The zero-order valence-corrected chi connectivity index (χ0v) is 5.26. The van der Waals surface area contributed by atoms with Crippen molar-refractivity contribution in [2.75, 3.05) is 13.2 Å². The van der Waals surface area contributed by atoms with Crippen LogP contribution in [-0.2, 0) is 4.84 Å². The van der Waals surface area contributed by atoms with Gasteiger partial charge in [0.2, 0.25) is 5.96 Å². The van der Waals surface area contributed by atoms with Crippen molar-refractivity contribution in [2.24, 2.45) is 5.73 Å². The van der Waals surface area contributed by atoms with Gasteiger partial charge in [-0.3, -0.25) is 10.2 Å². The SMILES string of the molecule is N=C(N)N1CCCCO1. The Labute approximate surface area is 54.0 Å². The van der Waals surface area contributed by atoms with Gasteiger partial charge in [0.25, 0.3) is 0 Å². The second kappa shape index (κ2) is 2.68. The highest BCUT2D eigenvalue weighted by atomic mass is 16.7. The van der Waals surface area contributed by atoms with Gasteiger partial charge < -0.3 is 5.73 Å². The number of hydroxylamine groups is 2. The number of nitrogens with two attached hydrogens (primary N) is 1. The first kappa shape index (κ1) is 6.35. The molecule has 4 nitrogen and oxygen atoms in total. The van der Waals surface area contributed by atoms with E-state index in [0.29, 0.717) is 6.61 Å². The molecule has 0 aromatic rings. The predicted molar refractivity (Wildman–Crippen MR) is 33.8 cm³/mol. The molecule has 52 valence electrons. The Morgan fingerprint density at radius 1 is 1.56 bits per heavy atom. The quantitative estimate of drug-likeness (QED) is 0.355. The van der Waals surface area contributed by atoms with E-state index in [-0.39, 0.29) is 5.96 Å². The lowest BCUT2D eigenvalue weighted by Gasteiger charge is -2.25. The van der Waals surface area contributed by atoms with Crippen LogP contribution in [0, 0.1) is 5.41 Å². The molecule has 9 heavy (non-hydrogen) atoms. The second-order valence-corrected chi connectivity index (χ2v) is 2.03. The number of rotatable bonds is 0. The maximum absolute atomic E-state index is 6.97. The lowest BCUT2D eigenvalue weighted by Crippen LogP contribution is -2.39. The van der Waals surface area contributed by atoms with Gasteiger partial charge in [-0.15, -0.1) is 0 Å². The molecule has 0 saturated carbocycles. The highest BCUT2D eigenvalue weighted by Gasteiger charge is 2.10. The molecule has 0 aliphatic carbocycles. The average molecular weight is 129 g/mol. The van der Waals surface area contributed by atoms with Crippen molar-refractivity contribution in [1.82, 2.24) is 5.06 Å². The third-order valence-electron chi connectivity index (χ3n) is 1.27. The van der Waals surface area contributed by atoms with Crippen molar-refractivity contribution < 1.29 is 4.84 Å². The highest BCUT2D eigenvalue weighted by molar-refractivity contribution is 5.73. The van der Waals surface area contributed by atoms with E-state index in [9.17, 15) is 0 Å². The number of nitrogens with one attached hydrogen (secondary N) is 1. The monoisotopic (exact) mass is 129 g/mol. The van der Waals surface area contributed by atoms with Crippen LogP contribution in [0.2, 0.25) is 0 Å². The summed E-state index contributed by atoms with van der Waals surface area (Å²) < 4.78 is 0. The van der Waals surface area contributed by atoms with E-state index in [1.165, 1.54) is 5.06 Å². The topological polar surface area (TPSA) is 62.3 Å². The molecule has 1 heterocycles. The van der Waals surface area contributed by atoms with Crippen LogP contribution in [0.5, 0.6) is 0 Å². The van der Waals surface area contributed by atoms with Crippen LogP contribution in [0.25, 0.3) is 0 Å². The van der Waals surface area contributed by atoms with Crippen LogP contribution < -0.4 is 5.73 Å². The number of nitrogens with zero attached hydrogens (tertiary/aromatic N) is 1. The minimum absolute atomic E-state index is 0.00898. The van der Waals surface area contributed by atoms with E-state index >= 15 is 0 Å². The highest BCUT2D eigenvalue weighted by Crippen LogP contribution is 2.03. The molecule has 1 fully saturated rings. The first-order valence-corrected chi connectivity index (χ1v) is 3.05. The lowest BCUT2D eigenvalue weighted by atomic mass is 10.3. The molecule has 1 rings (SSSR count). The van der Waals surface area contributed by atoms with Crippen LogP contribution in [0.4, 0.5) is 0 Å². The predicted octanol–water partition coefficient (Wildman–Crippen LogP) is -0.0927. The number of guanidine groups is 1. The molecular weight excluding hydrogens is 118 g/mol. The van der Waals surface area contributed by atoms with E-state index in [1.54, 1.807) is 0 Å². The molecule has 0 spiro atoms. The Morgan fingerprint density at radius 2 is 2.33 bits per heavy atom. The summed E-state index contributed by atoms with van der Waals surface area (Å²) in [5.41, 5.74) is 5.15. The van der Waals surface area contributed by atoms with Gasteiger partial charge in [-0.05, 0) is 12.8 Å². The molecule has 0 amide bonds. The molecule has 0 bridgehead atoms. The van der Waals surface area contributed by atoms with Crippen LogP contribution in [0.3, 0.4) is 0 Å². The maximum atomic E-state index is 6.97. The van der Waals surface area contributed by atoms with Crippen molar-refractivity contribution in [3.63, 3.8) is 0 Å². The zero-order chi connectivity index (χ0) is 6.69. The first-order chi connectivity index (χ1) is 4.30. The van der Waals surface area contributed by atoms with E-state index in [4.69, 9.17) is 16.0 Å². The van der Waals surface area contributed by atoms with Crippen molar-refractivity contribution >= 4 is 5.96 Å². The fourth-order valence-electron chi connectivity index (χ4n) is 0.787. The van der Waals surface area contributed by atoms with Gasteiger partial charge in [-0.1, -0.05) is 0 Å². The molecule has 0 atom stereocenters. The summed E-state index contributed by atoms with van der Waals surface area (Å²) in [6.07, 6.45) is 2.14. The molecule has 4 heteroatoms. The summed E-state index contributed by atoms with van der Waals surface area (Å²) in [6, 6.07) is 0. The lowest BCUT2D eigenvalue weighted by molar-refractivity contribution is -0.125. The van der Waals surface area contributed by atoms with E-state index < -0.39 is 0 Å². The number of hydrogen-bond donors (Lipinski definition) is 2. The summed E-state index contributed by atoms with van der Waals surface area (Å²) in [4.78, 5) is 5.02. The zero-order valence-electron chi connectivity index (χ0n) is 5.26. The van der Waals surface area contributed by atoms with E-state index in [1.807, 2.05) is 0 Å². The Morgan fingerprint density at radius 3 is 2.67 bits per heavy atom. The Balaban J connectivity index is 2.31. The number of hydrogen-bond acceptors (Lipinski definition) is 2. The summed E-state index contributed by atoms with van der Waals surface area (Å²) in [7, 11) is 0. The van der Waals surface area contributed by atoms with Crippen LogP contribution in [0.15, 0.2) is 0 Å². The summed E-state index contributed by atoms with van der Waals surface area (Å²) in [5, 5.41) is 8.39. The van der Waals surface area contributed by atoms with E-state index in [0.717, 1.165) is 19.4 Å². The molecule has 1 aliphatic heterocycles. The fraction of sp³-hybridized carbons (Fsp3) is 0.800. The molecule has 0 aromatic carbocycles. The van der Waals surface area contributed by atoms with Crippen molar-refractivity contribution in [3.8, 4) is 0 Å². The van der Waals surface area contributed by atoms with Gasteiger partial charge in [-0.2, -0.15) is 0 Å². The third kappa shape index (κ3) is 1.57. The van der Waals surface area contributed by atoms with Crippen molar-refractivity contribution in [1.29, 1.82) is 5.41 Å². The fourth-order valence-corrected chi connectivity index (χ4v) is 0.787. The Kier molecular flexibility index (Phi) is 1.89. The molecule has 0 radical (unpaired) electrons. The largest absolute Gasteiger partial charge is 0.368 e. The molecule has 1 saturated heterocycles. The molecule has 0 unspecified atom stereocenters. The van der Waals surface area contributed by atoms with Crippen LogP contribution in [-0.4, -0.2) is 24.2 Å². The summed E-state index contributed by atoms with van der Waals surface area (Å²) in [6.45, 7) is 1.45. The first-order valence-electron chi connectivity index (χ1n) is 3.05. The minimum Gasteiger partial charge on any atom is -0.368 e. The van der Waals surface area contributed by atoms with E-state index in [2.05, 4.69) is 0 Å².